The molecular weight excluding hydrogens is 324 g/mol. The molecule has 24 heavy (non-hydrogen) atoms. The van der Waals surface area contributed by atoms with Crippen LogP contribution >= 0.6 is 0 Å². The molecule has 0 bridgehead atoms. The molecule has 2 fully saturated rings. The summed E-state index contributed by atoms with van der Waals surface area (Å²) >= 11 is 0. The minimum absolute atomic E-state index is 0.0853. The Morgan fingerprint density at radius 1 is 1.00 bits per heavy atom. The molecule has 2 saturated carbocycles. The van der Waals surface area contributed by atoms with Gasteiger partial charge in [-0.15, -0.1) is 13.2 Å². The average molecular weight is 344 g/mol. The van der Waals surface area contributed by atoms with E-state index in [4.69, 9.17) is 4.74 Å². The van der Waals surface area contributed by atoms with E-state index in [1.807, 2.05) is 6.08 Å². The smallest absolute Gasteiger partial charge is 0.486 e. The summed E-state index contributed by atoms with van der Waals surface area (Å²) in [5.74, 6) is -1.73. The normalized spacial score (nSPS) is 19.7. The van der Waals surface area contributed by atoms with Crippen LogP contribution < -0.4 is 9.47 Å². The minimum atomic E-state index is -4.97. The Balaban J connectivity index is 1.85. The fraction of sp³-hybridized carbons (Fsp3) is 0.556. The van der Waals surface area contributed by atoms with Crippen LogP contribution in [0.5, 0.6) is 11.5 Å². The monoisotopic (exact) mass is 344 g/mol. The van der Waals surface area contributed by atoms with Gasteiger partial charge < -0.3 is 9.47 Å². The van der Waals surface area contributed by atoms with Gasteiger partial charge in [0.1, 0.15) is 0 Å². The van der Waals surface area contributed by atoms with E-state index in [9.17, 15) is 17.6 Å². The van der Waals surface area contributed by atoms with Crippen molar-refractivity contribution in [3.8, 4) is 11.5 Å². The lowest BCUT2D eigenvalue weighted by Crippen LogP contribution is -2.26. The van der Waals surface area contributed by atoms with E-state index < -0.39 is 17.9 Å². The number of hydrogen-bond acceptors (Lipinski definition) is 2. The second kappa shape index (κ2) is 7.03. The highest BCUT2D eigenvalue weighted by Crippen LogP contribution is 2.39. The van der Waals surface area contributed by atoms with Crippen LogP contribution in [0.25, 0.3) is 6.08 Å². The molecule has 0 atom stereocenters. The molecule has 2 aliphatic carbocycles. The van der Waals surface area contributed by atoms with Gasteiger partial charge in [0, 0.05) is 5.56 Å². The summed E-state index contributed by atoms with van der Waals surface area (Å²) < 4.78 is 61.8. The molecule has 2 aliphatic rings. The molecule has 0 unspecified atom stereocenters. The summed E-state index contributed by atoms with van der Waals surface area (Å²) in [6.45, 7) is 0. The van der Waals surface area contributed by atoms with E-state index in [0.717, 1.165) is 44.9 Å². The standard InChI is InChI=1S/C18H20F4O2/c19-16-13(9-8-12-4-1-2-5-12)10-11-15(23-14-6-3-7-14)17(16)24-18(20,21)22/h8-12,14H,1-7H2/b9-8+. The van der Waals surface area contributed by atoms with Crippen molar-refractivity contribution in [2.75, 3.05) is 0 Å². The van der Waals surface area contributed by atoms with Crippen molar-refractivity contribution in [1.82, 2.24) is 0 Å². The van der Waals surface area contributed by atoms with Gasteiger partial charge in [-0.3, -0.25) is 0 Å². The number of ether oxygens (including phenoxy) is 2. The first-order chi connectivity index (χ1) is 11.4. The van der Waals surface area contributed by atoms with Crippen LogP contribution in [0.2, 0.25) is 0 Å². The fourth-order valence-corrected chi connectivity index (χ4v) is 3.04. The van der Waals surface area contributed by atoms with Crippen molar-refractivity contribution >= 4 is 6.08 Å². The molecule has 0 aliphatic heterocycles. The number of rotatable bonds is 5. The zero-order valence-corrected chi connectivity index (χ0v) is 13.2. The van der Waals surface area contributed by atoms with Crippen LogP contribution in [-0.2, 0) is 0 Å². The topological polar surface area (TPSA) is 18.5 Å². The van der Waals surface area contributed by atoms with Gasteiger partial charge in [-0.25, -0.2) is 4.39 Å². The minimum Gasteiger partial charge on any atom is -0.486 e. The molecule has 6 heteroatoms. The third-order valence-electron chi connectivity index (χ3n) is 4.60. The van der Waals surface area contributed by atoms with Crippen molar-refractivity contribution in [2.45, 2.75) is 57.4 Å². The molecular formula is C18H20F4O2. The highest BCUT2D eigenvalue weighted by molar-refractivity contribution is 5.57. The average Bonchev–Trinajstić information content (AvgIpc) is 2.97. The van der Waals surface area contributed by atoms with Gasteiger partial charge in [-0.05, 0) is 50.2 Å². The zero-order valence-electron chi connectivity index (χ0n) is 13.2. The van der Waals surface area contributed by atoms with Gasteiger partial charge in [0.15, 0.2) is 11.6 Å². The van der Waals surface area contributed by atoms with E-state index in [-0.39, 0.29) is 17.4 Å². The Bertz CT molecular complexity index is 600. The maximum absolute atomic E-state index is 14.6. The predicted octanol–water partition coefficient (Wildman–Crippen LogP) is 5.86. The summed E-state index contributed by atoms with van der Waals surface area (Å²) in [5.41, 5.74) is 0.0853. The van der Waals surface area contributed by atoms with Crippen LogP contribution in [0, 0.1) is 11.7 Å². The van der Waals surface area contributed by atoms with Crippen LogP contribution in [0.1, 0.15) is 50.5 Å². The Labute approximate surface area is 138 Å². The first-order valence-corrected chi connectivity index (χ1v) is 8.35. The molecule has 1 aromatic carbocycles. The summed E-state index contributed by atoms with van der Waals surface area (Å²) in [5, 5.41) is 0. The Kier molecular flexibility index (Phi) is 5.01. The lowest BCUT2D eigenvalue weighted by atomic mass is 9.96. The van der Waals surface area contributed by atoms with Crippen molar-refractivity contribution in [1.29, 1.82) is 0 Å². The molecule has 0 amide bonds. The lowest BCUT2D eigenvalue weighted by Gasteiger charge is -2.27. The van der Waals surface area contributed by atoms with Crippen molar-refractivity contribution < 1.29 is 27.0 Å². The van der Waals surface area contributed by atoms with Gasteiger partial charge in [0.05, 0.1) is 6.10 Å². The molecule has 0 aromatic heterocycles. The number of halogens is 4. The van der Waals surface area contributed by atoms with Crippen LogP contribution in [0.15, 0.2) is 18.2 Å². The third kappa shape index (κ3) is 4.22. The molecule has 132 valence electrons. The van der Waals surface area contributed by atoms with E-state index in [1.165, 1.54) is 12.1 Å². The van der Waals surface area contributed by atoms with E-state index >= 15 is 0 Å². The van der Waals surface area contributed by atoms with E-state index in [1.54, 1.807) is 6.08 Å². The molecule has 0 saturated heterocycles. The third-order valence-corrected chi connectivity index (χ3v) is 4.60. The summed E-state index contributed by atoms with van der Waals surface area (Å²) in [6, 6.07) is 2.80. The Morgan fingerprint density at radius 3 is 2.29 bits per heavy atom. The van der Waals surface area contributed by atoms with Gasteiger partial charge in [-0.2, -0.15) is 0 Å². The maximum atomic E-state index is 14.6. The number of hydrogen-bond donors (Lipinski definition) is 0. The number of alkyl halides is 3. The molecule has 0 spiro atoms. The summed E-state index contributed by atoms with van der Waals surface area (Å²) in [6.07, 6.45) is 5.10. The van der Waals surface area contributed by atoms with Crippen molar-refractivity contribution in [3.63, 3.8) is 0 Å². The Morgan fingerprint density at radius 2 is 1.71 bits per heavy atom. The molecule has 0 N–H and O–H groups in total. The fourth-order valence-electron chi connectivity index (χ4n) is 3.04. The lowest BCUT2D eigenvalue weighted by molar-refractivity contribution is -0.276. The van der Waals surface area contributed by atoms with Crippen LogP contribution in [0.3, 0.4) is 0 Å². The summed E-state index contributed by atoms with van der Waals surface area (Å²) in [4.78, 5) is 0. The zero-order chi connectivity index (χ0) is 17.2. The first-order valence-electron chi connectivity index (χ1n) is 8.35. The molecule has 2 nitrogen and oxygen atoms in total. The predicted molar refractivity (Wildman–Crippen MR) is 82.3 cm³/mol. The second-order valence-corrected chi connectivity index (χ2v) is 6.42. The quantitative estimate of drug-likeness (QED) is 0.623. The van der Waals surface area contributed by atoms with Crippen LogP contribution in [-0.4, -0.2) is 12.5 Å². The van der Waals surface area contributed by atoms with Crippen molar-refractivity contribution in [3.05, 3.63) is 29.6 Å². The van der Waals surface area contributed by atoms with Crippen LogP contribution in [0.4, 0.5) is 17.6 Å². The van der Waals surface area contributed by atoms with Gasteiger partial charge in [0.2, 0.25) is 5.75 Å². The van der Waals surface area contributed by atoms with E-state index in [2.05, 4.69) is 4.74 Å². The SMILES string of the molecule is Fc1c(/C=C/C2CCCC2)ccc(OC2CCC2)c1OC(F)(F)F. The highest BCUT2D eigenvalue weighted by atomic mass is 19.4. The molecule has 3 rings (SSSR count). The van der Waals surface area contributed by atoms with Gasteiger partial charge >= 0.3 is 6.36 Å². The molecule has 1 aromatic rings. The summed E-state index contributed by atoms with van der Waals surface area (Å²) in [7, 11) is 0. The molecule has 0 heterocycles. The number of allylic oxidation sites excluding steroid dienone is 1. The largest absolute Gasteiger partial charge is 0.573 e. The second-order valence-electron chi connectivity index (χ2n) is 6.42. The van der Waals surface area contributed by atoms with E-state index in [0.29, 0.717) is 5.92 Å². The van der Waals surface area contributed by atoms with Gasteiger partial charge in [-0.1, -0.05) is 25.0 Å². The maximum Gasteiger partial charge on any atom is 0.573 e. The van der Waals surface area contributed by atoms with Gasteiger partial charge in [0.25, 0.3) is 0 Å². The van der Waals surface area contributed by atoms with Crippen molar-refractivity contribution in [2.24, 2.45) is 5.92 Å². The highest BCUT2D eigenvalue weighted by Gasteiger charge is 2.35. The Hall–Kier alpha value is -1.72. The molecule has 0 radical (unpaired) electrons. The number of benzene rings is 1. The first kappa shape index (κ1) is 17.1.